The van der Waals surface area contributed by atoms with Gasteiger partial charge in [-0.1, -0.05) is 23.8 Å². The minimum absolute atomic E-state index is 0.210. The Morgan fingerprint density at radius 2 is 2.19 bits per heavy atom. The second-order valence-electron chi connectivity index (χ2n) is 3.51. The third kappa shape index (κ3) is 2.97. The Balaban J connectivity index is 1.95. The van der Waals surface area contributed by atoms with E-state index in [-0.39, 0.29) is 5.78 Å². The van der Waals surface area contributed by atoms with Crippen molar-refractivity contribution in [2.45, 2.75) is 11.8 Å². The van der Waals surface area contributed by atoms with Crippen LogP contribution in [0.3, 0.4) is 0 Å². The molecule has 0 fully saturated rings. The first-order valence-corrected chi connectivity index (χ1v) is 6.88. The summed E-state index contributed by atoms with van der Waals surface area (Å²) in [5, 5.41) is 1.94. The van der Waals surface area contributed by atoms with Crippen LogP contribution in [-0.2, 0) is 0 Å². The van der Waals surface area contributed by atoms with E-state index in [9.17, 15) is 4.79 Å². The highest BCUT2D eigenvalue weighted by Crippen LogP contribution is 2.21. The lowest BCUT2D eigenvalue weighted by molar-refractivity contribution is 0.102. The lowest BCUT2D eigenvalue weighted by Gasteiger charge is -2.01. The van der Waals surface area contributed by atoms with Gasteiger partial charge in [0.15, 0.2) is 5.78 Å². The summed E-state index contributed by atoms with van der Waals surface area (Å²) in [7, 11) is 0. The van der Waals surface area contributed by atoms with Crippen molar-refractivity contribution in [3.63, 3.8) is 0 Å². The van der Waals surface area contributed by atoms with Gasteiger partial charge < -0.3 is 0 Å². The molecule has 0 bridgehead atoms. The highest BCUT2D eigenvalue weighted by Gasteiger charge is 2.07. The van der Waals surface area contributed by atoms with Crippen molar-refractivity contribution in [1.82, 2.24) is 0 Å². The third-order valence-corrected chi connectivity index (χ3v) is 4.06. The van der Waals surface area contributed by atoms with Crippen LogP contribution in [0, 0.1) is 6.92 Å². The van der Waals surface area contributed by atoms with E-state index >= 15 is 0 Å². The van der Waals surface area contributed by atoms with Crippen LogP contribution in [0.15, 0.2) is 46.7 Å². The number of aryl methyl sites for hydroxylation is 1. The number of thiophene rings is 1. The Morgan fingerprint density at radius 3 is 2.88 bits per heavy atom. The standard InChI is InChI=1S/C13H12OS2/c1-10-4-2-5-11(8-10)16-9-12(14)13-6-3-7-15-13/h2-8H,9H2,1H3. The second kappa shape index (κ2) is 5.32. The number of thioether (sulfide) groups is 1. The van der Waals surface area contributed by atoms with Crippen molar-refractivity contribution in [2.75, 3.05) is 5.75 Å². The Labute approximate surface area is 104 Å². The Kier molecular flexibility index (Phi) is 3.80. The first-order valence-electron chi connectivity index (χ1n) is 5.02. The van der Waals surface area contributed by atoms with Gasteiger partial charge in [0.2, 0.25) is 0 Å². The number of hydrogen-bond acceptors (Lipinski definition) is 3. The van der Waals surface area contributed by atoms with Gasteiger partial charge >= 0.3 is 0 Å². The fourth-order valence-corrected chi connectivity index (χ4v) is 3.02. The molecule has 0 saturated carbocycles. The van der Waals surface area contributed by atoms with Gasteiger partial charge in [0.25, 0.3) is 0 Å². The zero-order valence-electron chi connectivity index (χ0n) is 8.97. The van der Waals surface area contributed by atoms with Gasteiger partial charge in [-0.05, 0) is 30.5 Å². The van der Waals surface area contributed by atoms with Gasteiger partial charge in [-0.25, -0.2) is 0 Å². The summed E-state index contributed by atoms with van der Waals surface area (Å²) in [5.74, 6) is 0.728. The third-order valence-electron chi connectivity index (χ3n) is 2.16. The molecular weight excluding hydrogens is 236 g/mol. The molecule has 1 aromatic heterocycles. The molecule has 1 aromatic carbocycles. The zero-order chi connectivity index (χ0) is 11.4. The fourth-order valence-electron chi connectivity index (χ4n) is 1.36. The monoisotopic (exact) mass is 248 g/mol. The number of carbonyl (C=O) groups is 1. The number of ketones is 1. The van der Waals surface area contributed by atoms with Crippen molar-refractivity contribution >= 4 is 28.9 Å². The molecule has 82 valence electrons. The predicted molar refractivity (Wildman–Crippen MR) is 70.6 cm³/mol. The molecule has 0 aliphatic rings. The van der Waals surface area contributed by atoms with Crippen molar-refractivity contribution in [2.24, 2.45) is 0 Å². The molecule has 1 nitrogen and oxygen atoms in total. The van der Waals surface area contributed by atoms with Gasteiger partial charge in [0.05, 0.1) is 10.6 Å². The lowest BCUT2D eigenvalue weighted by atomic mass is 10.2. The summed E-state index contributed by atoms with van der Waals surface area (Å²) >= 11 is 3.10. The normalized spacial score (nSPS) is 10.3. The Bertz CT molecular complexity index is 474. The number of rotatable bonds is 4. The largest absolute Gasteiger partial charge is 0.292 e. The van der Waals surface area contributed by atoms with Gasteiger partial charge in [-0.15, -0.1) is 23.1 Å². The predicted octanol–water partition coefficient (Wildman–Crippen LogP) is 4.03. The van der Waals surface area contributed by atoms with Crippen LogP contribution in [0.1, 0.15) is 15.2 Å². The van der Waals surface area contributed by atoms with E-state index in [1.54, 1.807) is 11.8 Å². The number of hydrogen-bond donors (Lipinski definition) is 0. The van der Waals surface area contributed by atoms with E-state index in [0.29, 0.717) is 5.75 Å². The molecule has 1 heterocycles. The Morgan fingerprint density at radius 1 is 1.31 bits per heavy atom. The highest BCUT2D eigenvalue weighted by molar-refractivity contribution is 8.00. The molecule has 0 N–H and O–H groups in total. The van der Waals surface area contributed by atoms with E-state index < -0.39 is 0 Å². The molecule has 0 aliphatic carbocycles. The van der Waals surface area contributed by atoms with Crippen molar-refractivity contribution in [3.8, 4) is 0 Å². The molecule has 2 rings (SSSR count). The van der Waals surface area contributed by atoms with Crippen LogP contribution in [0.5, 0.6) is 0 Å². The summed E-state index contributed by atoms with van der Waals surface area (Å²) in [4.78, 5) is 13.8. The van der Waals surface area contributed by atoms with Crippen molar-refractivity contribution in [3.05, 3.63) is 52.2 Å². The van der Waals surface area contributed by atoms with Crippen LogP contribution in [0.2, 0.25) is 0 Å². The molecule has 2 aromatic rings. The summed E-state index contributed by atoms with van der Waals surface area (Å²) in [6.45, 7) is 2.06. The first kappa shape index (κ1) is 11.4. The van der Waals surface area contributed by atoms with Crippen molar-refractivity contribution < 1.29 is 4.79 Å². The van der Waals surface area contributed by atoms with Gasteiger partial charge in [0.1, 0.15) is 0 Å². The maximum Gasteiger partial charge on any atom is 0.182 e. The van der Waals surface area contributed by atoms with E-state index in [4.69, 9.17) is 0 Å². The average Bonchev–Trinajstić information content (AvgIpc) is 2.79. The number of Topliss-reactive ketones (excluding diaryl/α,β-unsaturated/α-hetero) is 1. The number of carbonyl (C=O) groups excluding carboxylic acids is 1. The molecular formula is C13H12OS2. The van der Waals surface area contributed by atoms with Crippen LogP contribution in [0.25, 0.3) is 0 Å². The quantitative estimate of drug-likeness (QED) is 0.600. The first-order chi connectivity index (χ1) is 7.75. The minimum Gasteiger partial charge on any atom is -0.292 e. The molecule has 0 atom stereocenters. The van der Waals surface area contributed by atoms with Crippen molar-refractivity contribution in [1.29, 1.82) is 0 Å². The van der Waals surface area contributed by atoms with E-state index in [1.165, 1.54) is 16.9 Å². The highest BCUT2D eigenvalue weighted by atomic mass is 32.2. The van der Waals surface area contributed by atoms with Gasteiger partial charge in [0, 0.05) is 4.90 Å². The smallest absolute Gasteiger partial charge is 0.182 e. The van der Waals surface area contributed by atoms with E-state index in [0.717, 1.165) is 9.77 Å². The zero-order valence-corrected chi connectivity index (χ0v) is 10.6. The molecule has 0 amide bonds. The molecule has 0 saturated heterocycles. The summed E-state index contributed by atoms with van der Waals surface area (Å²) < 4.78 is 0. The average molecular weight is 248 g/mol. The minimum atomic E-state index is 0.210. The summed E-state index contributed by atoms with van der Waals surface area (Å²) in [6, 6.07) is 12.0. The van der Waals surface area contributed by atoms with Crippen LogP contribution in [-0.4, -0.2) is 11.5 Å². The maximum absolute atomic E-state index is 11.8. The second-order valence-corrected chi connectivity index (χ2v) is 5.50. The molecule has 0 spiro atoms. The van der Waals surface area contributed by atoms with Crippen LogP contribution >= 0.6 is 23.1 Å². The van der Waals surface area contributed by atoms with E-state index in [1.807, 2.05) is 29.6 Å². The maximum atomic E-state index is 11.8. The molecule has 0 aliphatic heterocycles. The van der Waals surface area contributed by atoms with Crippen LogP contribution in [0.4, 0.5) is 0 Å². The number of benzene rings is 1. The molecule has 0 unspecified atom stereocenters. The summed E-state index contributed by atoms with van der Waals surface area (Å²) in [6.07, 6.45) is 0. The topological polar surface area (TPSA) is 17.1 Å². The fraction of sp³-hybridized carbons (Fsp3) is 0.154. The molecule has 3 heteroatoms. The summed E-state index contributed by atoms with van der Waals surface area (Å²) in [5.41, 5.74) is 1.23. The van der Waals surface area contributed by atoms with Gasteiger partial charge in [-0.3, -0.25) is 4.79 Å². The van der Waals surface area contributed by atoms with Gasteiger partial charge in [-0.2, -0.15) is 0 Å². The Hall–Kier alpha value is -1.06. The molecule has 16 heavy (non-hydrogen) atoms. The molecule has 0 radical (unpaired) electrons. The SMILES string of the molecule is Cc1cccc(SCC(=O)c2cccs2)c1. The van der Waals surface area contributed by atoms with Crippen LogP contribution < -0.4 is 0 Å². The van der Waals surface area contributed by atoms with E-state index in [2.05, 4.69) is 19.1 Å². The lowest BCUT2D eigenvalue weighted by Crippen LogP contribution is -1.98.